The molecule has 0 amide bonds. The number of anilines is 1. The van der Waals surface area contributed by atoms with Crippen LogP contribution in [0.5, 0.6) is 0 Å². The molecule has 108 valence electrons. The summed E-state index contributed by atoms with van der Waals surface area (Å²) >= 11 is 0. The molecule has 1 aromatic carbocycles. The van der Waals surface area contributed by atoms with Gasteiger partial charge in [-0.2, -0.15) is 0 Å². The van der Waals surface area contributed by atoms with E-state index in [1.807, 2.05) is 13.0 Å². The number of nitrogens with one attached hydrogen (secondary N) is 1. The molecule has 1 N–H and O–H groups in total. The molecule has 2 aromatic rings. The normalized spacial score (nSPS) is 27.4. The van der Waals surface area contributed by atoms with Crippen molar-refractivity contribution in [3.05, 3.63) is 59.8 Å². The number of nitrogens with zero attached hydrogens (tertiary/aromatic N) is 2. The lowest BCUT2D eigenvalue weighted by Gasteiger charge is -2.20. The molecule has 0 bridgehead atoms. The maximum Gasteiger partial charge on any atom is 0.126 e. The third-order valence-electron chi connectivity index (χ3n) is 4.72. The Kier molecular flexibility index (Phi) is 3.15. The highest BCUT2D eigenvalue weighted by molar-refractivity contribution is 5.40. The van der Waals surface area contributed by atoms with Crippen LogP contribution in [0.1, 0.15) is 11.3 Å². The topological polar surface area (TPSA) is 28.2 Å². The zero-order chi connectivity index (χ0) is 14.2. The van der Waals surface area contributed by atoms with Gasteiger partial charge in [-0.15, -0.1) is 0 Å². The fourth-order valence-electron chi connectivity index (χ4n) is 3.59. The molecule has 2 atom stereocenters. The van der Waals surface area contributed by atoms with Crippen LogP contribution < -0.4 is 5.32 Å². The second-order valence-electron chi connectivity index (χ2n) is 6.34. The molecule has 0 radical (unpaired) electrons. The first kappa shape index (κ1) is 12.8. The highest BCUT2D eigenvalue weighted by atomic mass is 15.2. The Balaban J connectivity index is 1.31. The van der Waals surface area contributed by atoms with E-state index in [0.717, 1.165) is 29.9 Å². The van der Waals surface area contributed by atoms with Crippen molar-refractivity contribution in [1.82, 2.24) is 9.88 Å². The van der Waals surface area contributed by atoms with E-state index in [1.54, 1.807) is 0 Å². The highest BCUT2D eigenvalue weighted by Crippen LogP contribution is 2.47. The quantitative estimate of drug-likeness (QED) is 0.932. The monoisotopic (exact) mass is 279 g/mol. The molecule has 1 saturated carbocycles. The molecule has 1 saturated heterocycles. The third kappa shape index (κ3) is 2.66. The van der Waals surface area contributed by atoms with E-state index in [9.17, 15) is 0 Å². The minimum absolute atomic E-state index is 0.631. The van der Waals surface area contributed by atoms with Crippen molar-refractivity contribution in [2.24, 2.45) is 11.8 Å². The average molecular weight is 279 g/mol. The molecule has 1 aliphatic heterocycles. The van der Waals surface area contributed by atoms with Gasteiger partial charge in [0.2, 0.25) is 0 Å². The first-order valence-corrected chi connectivity index (χ1v) is 7.76. The van der Waals surface area contributed by atoms with Crippen molar-refractivity contribution >= 4 is 5.82 Å². The molecule has 1 aromatic heterocycles. The zero-order valence-corrected chi connectivity index (χ0v) is 12.4. The van der Waals surface area contributed by atoms with Crippen LogP contribution in [-0.2, 0) is 6.54 Å². The van der Waals surface area contributed by atoms with Crippen molar-refractivity contribution in [2.75, 3.05) is 18.4 Å². The molecule has 0 spiro atoms. The first-order chi connectivity index (χ1) is 10.3. The standard InChI is InChI=1S/C18H21N3/c1-13-6-5-9-17(19-13)20-18-15-11-21(12-16(15)18)10-14-7-3-2-4-8-14/h2-9,15-16,18H,10-12H2,1H3,(H,19,20). The summed E-state index contributed by atoms with van der Waals surface area (Å²) in [6.07, 6.45) is 0. The van der Waals surface area contributed by atoms with Gasteiger partial charge in [-0.3, -0.25) is 4.90 Å². The summed E-state index contributed by atoms with van der Waals surface area (Å²) < 4.78 is 0. The van der Waals surface area contributed by atoms with Crippen LogP contribution in [0.2, 0.25) is 0 Å². The van der Waals surface area contributed by atoms with E-state index in [0.29, 0.717) is 6.04 Å². The van der Waals surface area contributed by atoms with E-state index in [4.69, 9.17) is 0 Å². The lowest BCUT2D eigenvalue weighted by Crippen LogP contribution is -2.27. The number of pyridine rings is 1. The Morgan fingerprint density at radius 3 is 2.52 bits per heavy atom. The number of hydrogen-bond acceptors (Lipinski definition) is 3. The lowest BCUT2D eigenvalue weighted by molar-refractivity contribution is 0.292. The first-order valence-electron chi connectivity index (χ1n) is 7.76. The Morgan fingerprint density at radius 2 is 1.81 bits per heavy atom. The number of fused-ring (bicyclic) bond motifs is 1. The summed E-state index contributed by atoms with van der Waals surface area (Å²) in [6.45, 7) is 5.55. The summed E-state index contributed by atoms with van der Waals surface area (Å²) in [7, 11) is 0. The van der Waals surface area contributed by atoms with E-state index in [-0.39, 0.29) is 0 Å². The molecule has 2 heterocycles. The van der Waals surface area contributed by atoms with Crippen molar-refractivity contribution in [2.45, 2.75) is 19.5 Å². The van der Waals surface area contributed by atoms with Gasteiger partial charge in [0, 0.05) is 31.4 Å². The average Bonchev–Trinajstić information content (AvgIpc) is 2.94. The molecular weight excluding hydrogens is 258 g/mol. The van der Waals surface area contributed by atoms with Crippen LogP contribution in [0.25, 0.3) is 0 Å². The molecule has 2 fully saturated rings. The largest absolute Gasteiger partial charge is 0.367 e. The molecule has 2 aliphatic rings. The third-order valence-corrected chi connectivity index (χ3v) is 4.72. The van der Waals surface area contributed by atoms with Gasteiger partial charge in [0.05, 0.1) is 0 Å². The van der Waals surface area contributed by atoms with E-state index >= 15 is 0 Å². The van der Waals surface area contributed by atoms with Gasteiger partial charge in [0.25, 0.3) is 0 Å². The van der Waals surface area contributed by atoms with Crippen molar-refractivity contribution in [1.29, 1.82) is 0 Å². The molecule has 4 rings (SSSR count). The van der Waals surface area contributed by atoms with Gasteiger partial charge in [-0.25, -0.2) is 4.98 Å². The molecule has 21 heavy (non-hydrogen) atoms. The Labute approximate surface area is 126 Å². The van der Waals surface area contributed by atoms with Crippen molar-refractivity contribution in [3.8, 4) is 0 Å². The summed E-state index contributed by atoms with van der Waals surface area (Å²) in [5, 5.41) is 3.61. The summed E-state index contributed by atoms with van der Waals surface area (Å²) in [5.74, 6) is 2.64. The van der Waals surface area contributed by atoms with Gasteiger partial charge in [0.1, 0.15) is 5.82 Å². The van der Waals surface area contributed by atoms with E-state index in [1.165, 1.54) is 18.7 Å². The van der Waals surface area contributed by atoms with Crippen LogP contribution in [0.4, 0.5) is 5.82 Å². The smallest absolute Gasteiger partial charge is 0.126 e. The highest BCUT2D eigenvalue weighted by Gasteiger charge is 2.55. The molecule has 3 nitrogen and oxygen atoms in total. The van der Waals surface area contributed by atoms with Gasteiger partial charge in [0.15, 0.2) is 0 Å². The summed E-state index contributed by atoms with van der Waals surface area (Å²) in [6, 6.07) is 17.6. The zero-order valence-electron chi connectivity index (χ0n) is 12.4. The van der Waals surface area contributed by atoms with Crippen LogP contribution >= 0.6 is 0 Å². The number of aromatic nitrogens is 1. The molecule has 3 heteroatoms. The number of hydrogen-bond donors (Lipinski definition) is 1. The fourth-order valence-corrected chi connectivity index (χ4v) is 3.59. The van der Waals surface area contributed by atoms with Crippen LogP contribution in [-0.4, -0.2) is 29.0 Å². The fraction of sp³-hybridized carbons (Fsp3) is 0.389. The number of rotatable bonds is 4. The minimum Gasteiger partial charge on any atom is -0.367 e. The van der Waals surface area contributed by atoms with Crippen LogP contribution in [0.15, 0.2) is 48.5 Å². The molecule has 2 unspecified atom stereocenters. The second-order valence-corrected chi connectivity index (χ2v) is 6.34. The predicted octanol–water partition coefficient (Wildman–Crippen LogP) is 2.93. The lowest BCUT2D eigenvalue weighted by atomic mass is 10.2. The maximum absolute atomic E-state index is 4.54. The van der Waals surface area contributed by atoms with Crippen molar-refractivity contribution in [3.63, 3.8) is 0 Å². The number of aryl methyl sites for hydroxylation is 1. The van der Waals surface area contributed by atoms with E-state index < -0.39 is 0 Å². The Hall–Kier alpha value is -1.87. The SMILES string of the molecule is Cc1cccc(NC2C3CN(Cc4ccccc4)CC32)n1. The second kappa shape index (κ2) is 5.15. The number of piperidine rings is 1. The Bertz CT molecular complexity index is 613. The van der Waals surface area contributed by atoms with Gasteiger partial charge in [-0.1, -0.05) is 36.4 Å². The van der Waals surface area contributed by atoms with Crippen molar-refractivity contribution < 1.29 is 0 Å². The number of benzene rings is 1. The predicted molar refractivity (Wildman–Crippen MR) is 85.1 cm³/mol. The van der Waals surface area contributed by atoms with Gasteiger partial charge < -0.3 is 5.32 Å². The van der Waals surface area contributed by atoms with Gasteiger partial charge >= 0.3 is 0 Å². The number of likely N-dealkylation sites (tertiary alicyclic amines) is 1. The minimum atomic E-state index is 0.631. The summed E-state index contributed by atoms with van der Waals surface area (Å²) in [4.78, 5) is 7.12. The molecule has 1 aliphatic carbocycles. The molecular formula is C18H21N3. The van der Waals surface area contributed by atoms with E-state index in [2.05, 4.69) is 57.7 Å². The van der Waals surface area contributed by atoms with Crippen LogP contribution in [0, 0.1) is 18.8 Å². The summed E-state index contributed by atoms with van der Waals surface area (Å²) in [5.41, 5.74) is 2.50. The van der Waals surface area contributed by atoms with Gasteiger partial charge in [-0.05, 0) is 36.5 Å². The van der Waals surface area contributed by atoms with Crippen LogP contribution in [0.3, 0.4) is 0 Å². The maximum atomic E-state index is 4.54. The Morgan fingerprint density at radius 1 is 1.05 bits per heavy atom.